The van der Waals surface area contributed by atoms with E-state index in [1.807, 2.05) is 0 Å². The first kappa shape index (κ1) is 29.2. The second-order valence-corrected chi connectivity index (χ2v) is 9.37. The summed E-state index contributed by atoms with van der Waals surface area (Å²) < 4.78 is 50.5. The predicted octanol–water partition coefficient (Wildman–Crippen LogP) is 7.48. The molecule has 1 heterocycles. The van der Waals surface area contributed by atoms with Crippen LogP contribution < -0.4 is 0 Å². The van der Waals surface area contributed by atoms with Gasteiger partial charge in [-0.05, 0) is 65.7 Å². The molecule has 0 bridgehead atoms. The van der Waals surface area contributed by atoms with Crippen molar-refractivity contribution in [3.05, 3.63) is 70.8 Å². The minimum absolute atomic E-state index is 0. The number of hydrogen-bond donors (Lipinski definition) is 2. The fourth-order valence-corrected chi connectivity index (χ4v) is 5.52. The van der Waals surface area contributed by atoms with Gasteiger partial charge >= 0.3 is 0 Å². The van der Waals surface area contributed by atoms with Gasteiger partial charge in [0.1, 0.15) is 29.6 Å². The molecule has 0 atom stereocenters. The maximum Gasteiger partial charge on any atom is 0.150 e. The topological polar surface area (TPSA) is 17.1 Å². The molecule has 0 amide bonds. The van der Waals surface area contributed by atoms with Gasteiger partial charge in [0, 0.05) is 17.7 Å². The molecular weight excluding hydrogens is 472 g/mol. The number of carbonyl (C=O) groups excluding carboxylic acids is 1. The largest absolute Gasteiger partial charge is 0.298 e. The number of rotatable bonds is 4. The molecule has 1 aliphatic heterocycles. The fourth-order valence-electron chi connectivity index (χ4n) is 2.11. The summed E-state index contributed by atoms with van der Waals surface area (Å²) in [5.41, 5.74) is 0.773. The minimum atomic E-state index is -0.734. The van der Waals surface area contributed by atoms with Gasteiger partial charge in [0.2, 0.25) is 0 Å². The molecule has 0 unspecified atom stereocenters. The van der Waals surface area contributed by atoms with Crippen LogP contribution in [-0.2, 0) is 0 Å². The van der Waals surface area contributed by atoms with E-state index in [0.29, 0.717) is 12.4 Å². The van der Waals surface area contributed by atoms with Crippen molar-refractivity contribution < 1.29 is 22.4 Å². The third-order valence-electron chi connectivity index (χ3n) is 3.32. The van der Waals surface area contributed by atoms with E-state index in [4.69, 9.17) is 0 Å². The lowest BCUT2D eigenvalue weighted by molar-refractivity contribution is 0.112. The third kappa shape index (κ3) is 12.2. The number of thiol groups is 2. The van der Waals surface area contributed by atoms with Crippen molar-refractivity contribution in [2.75, 3.05) is 23.0 Å². The van der Waals surface area contributed by atoms with Crippen LogP contribution in [0.3, 0.4) is 0 Å². The molecule has 0 spiro atoms. The molecule has 0 aromatic heterocycles. The summed E-state index contributed by atoms with van der Waals surface area (Å²) in [7, 11) is 0. The Morgan fingerprint density at radius 1 is 0.833 bits per heavy atom. The summed E-state index contributed by atoms with van der Waals surface area (Å²) in [4.78, 5) is 9.98. The van der Waals surface area contributed by atoms with Crippen LogP contribution in [0.1, 0.15) is 40.8 Å². The maximum atomic E-state index is 12.9. The number of hydrogen-bond acceptors (Lipinski definition) is 5. The highest BCUT2D eigenvalue weighted by atomic mass is 32.2. The van der Waals surface area contributed by atoms with Gasteiger partial charge in [-0.3, -0.25) is 4.79 Å². The average Bonchev–Trinajstić information content (AvgIpc) is 2.69. The minimum Gasteiger partial charge on any atom is -0.298 e. The first-order valence-corrected chi connectivity index (χ1v) is 12.1. The van der Waals surface area contributed by atoms with Crippen molar-refractivity contribution in [2.24, 2.45) is 0 Å². The Morgan fingerprint density at radius 2 is 1.27 bits per heavy atom. The van der Waals surface area contributed by atoms with Crippen LogP contribution >= 0.6 is 48.8 Å². The van der Waals surface area contributed by atoms with Crippen LogP contribution in [0.5, 0.6) is 0 Å². The van der Waals surface area contributed by atoms with Crippen molar-refractivity contribution in [1.82, 2.24) is 0 Å². The van der Waals surface area contributed by atoms with E-state index in [0.717, 1.165) is 53.2 Å². The Balaban J connectivity index is 0.000000463. The number of halogens is 4. The highest BCUT2D eigenvalue weighted by molar-refractivity contribution is 8.16. The van der Waals surface area contributed by atoms with Gasteiger partial charge in [-0.2, -0.15) is 25.3 Å². The van der Waals surface area contributed by atoms with E-state index >= 15 is 0 Å². The van der Waals surface area contributed by atoms with Gasteiger partial charge in [0.25, 0.3) is 0 Å². The average molecular weight is 499 g/mol. The van der Waals surface area contributed by atoms with Crippen molar-refractivity contribution >= 4 is 55.1 Å². The van der Waals surface area contributed by atoms with E-state index in [1.165, 1.54) is 18.6 Å². The number of carbonyl (C=O) groups is 1. The second kappa shape index (κ2) is 16.9. The summed E-state index contributed by atoms with van der Waals surface area (Å²) in [5, 5.41) is 0. The van der Waals surface area contributed by atoms with E-state index in [9.17, 15) is 22.4 Å². The van der Waals surface area contributed by atoms with E-state index in [2.05, 4.69) is 25.3 Å². The third-order valence-corrected chi connectivity index (χ3v) is 6.97. The molecule has 2 aromatic carbocycles. The normalized spacial score (nSPS) is 13.1. The SMILES string of the molecule is C.Fc1cc(F)cc(C2SCCCS2)c1.O=Cc1cc(F)cc(F)c1.SCCCS. The predicted molar refractivity (Wildman–Crippen MR) is 129 cm³/mol. The molecule has 1 nitrogen and oxygen atoms in total. The smallest absolute Gasteiger partial charge is 0.150 e. The Labute approximate surface area is 195 Å². The summed E-state index contributed by atoms with van der Waals surface area (Å²) in [6.45, 7) is 0. The summed E-state index contributed by atoms with van der Waals surface area (Å²) in [5.74, 6) is 1.65. The molecule has 0 saturated carbocycles. The summed E-state index contributed by atoms with van der Waals surface area (Å²) >= 11 is 11.4. The lowest BCUT2D eigenvalue weighted by Crippen LogP contribution is -2.01. The highest BCUT2D eigenvalue weighted by Gasteiger charge is 2.17. The molecule has 0 radical (unpaired) electrons. The molecule has 9 heteroatoms. The molecular formula is C21H26F4OS4. The molecule has 1 fully saturated rings. The van der Waals surface area contributed by atoms with Crippen LogP contribution in [0.4, 0.5) is 17.6 Å². The number of thioether (sulfide) groups is 2. The zero-order valence-corrected chi connectivity index (χ0v) is 18.9. The van der Waals surface area contributed by atoms with E-state index in [-0.39, 0.29) is 17.6 Å². The summed E-state index contributed by atoms with van der Waals surface area (Å²) in [6, 6.07) is 6.43. The highest BCUT2D eigenvalue weighted by Crippen LogP contribution is 2.43. The Morgan fingerprint density at radius 3 is 1.63 bits per heavy atom. The van der Waals surface area contributed by atoms with E-state index in [1.54, 1.807) is 23.5 Å². The Kier molecular flexibility index (Phi) is 16.4. The fraction of sp³-hybridized carbons (Fsp3) is 0.381. The molecule has 1 aliphatic rings. The van der Waals surface area contributed by atoms with Gasteiger partial charge in [0.05, 0.1) is 4.58 Å². The zero-order chi connectivity index (χ0) is 21.6. The monoisotopic (exact) mass is 498 g/mol. The van der Waals surface area contributed by atoms with Crippen molar-refractivity contribution in [3.8, 4) is 0 Å². The molecule has 3 rings (SSSR count). The first-order valence-electron chi connectivity index (χ1n) is 8.71. The van der Waals surface area contributed by atoms with Crippen LogP contribution in [-0.4, -0.2) is 29.3 Å². The summed E-state index contributed by atoms with van der Waals surface area (Å²) in [6.07, 6.45) is 2.70. The lowest BCUT2D eigenvalue weighted by Gasteiger charge is -2.21. The second-order valence-electron chi connectivity index (χ2n) is 5.75. The first-order chi connectivity index (χ1) is 13.9. The molecule has 0 aliphatic carbocycles. The van der Waals surface area contributed by atoms with Crippen molar-refractivity contribution in [2.45, 2.75) is 24.9 Å². The lowest BCUT2D eigenvalue weighted by atomic mass is 10.2. The van der Waals surface area contributed by atoms with Crippen LogP contribution in [0.15, 0.2) is 36.4 Å². The molecule has 30 heavy (non-hydrogen) atoms. The van der Waals surface area contributed by atoms with Gasteiger partial charge in [0.15, 0.2) is 0 Å². The Bertz CT molecular complexity index is 713. The molecule has 1 saturated heterocycles. The molecule has 168 valence electrons. The quantitative estimate of drug-likeness (QED) is 0.259. The molecule has 2 aromatic rings. The van der Waals surface area contributed by atoms with Crippen LogP contribution in [0.2, 0.25) is 0 Å². The standard InChI is InChI=1S/C10H10F2S2.C7H4F2O.C3H8S2.CH4/c11-8-4-7(5-9(12)6-8)10-13-2-1-3-14-10;8-6-1-5(4-10)2-7(9)3-6;4-2-1-3-5;/h4-6,10H,1-3H2;1-4H;4-5H,1-3H2;1H4. The van der Waals surface area contributed by atoms with E-state index < -0.39 is 23.3 Å². The van der Waals surface area contributed by atoms with Crippen molar-refractivity contribution in [1.29, 1.82) is 0 Å². The van der Waals surface area contributed by atoms with Crippen molar-refractivity contribution in [3.63, 3.8) is 0 Å². The Hall–Kier alpha value is -0.770. The van der Waals surface area contributed by atoms with Gasteiger partial charge in [-0.15, -0.1) is 23.5 Å². The zero-order valence-electron chi connectivity index (χ0n) is 15.5. The van der Waals surface area contributed by atoms with Gasteiger partial charge < -0.3 is 0 Å². The van der Waals surface area contributed by atoms with Gasteiger partial charge in [-0.25, -0.2) is 17.6 Å². The van der Waals surface area contributed by atoms with Crippen LogP contribution in [0.25, 0.3) is 0 Å². The number of benzene rings is 2. The van der Waals surface area contributed by atoms with Crippen LogP contribution in [0, 0.1) is 23.3 Å². The van der Waals surface area contributed by atoms with Gasteiger partial charge in [-0.1, -0.05) is 7.43 Å². The molecule has 0 N–H and O–H groups in total. The maximum absolute atomic E-state index is 12.9. The number of aldehydes is 1.